The molecule has 0 N–H and O–H groups in total. The molecule has 0 aliphatic heterocycles. The van der Waals surface area contributed by atoms with E-state index in [0.29, 0.717) is 13.0 Å². The van der Waals surface area contributed by atoms with Crippen LogP contribution in [0.2, 0.25) is 0 Å². The van der Waals surface area contributed by atoms with E-state index in [4.69, 9.17) is 4.74 Å². The monoisotopic (exact) mass is 224 g/mol. The Morgan fingerprint density at radius 1 is 1.25 bits per heavy atom. The molecule has 0 atom stereocenters. The highest BCUT2D eigenvalue weighted by molar-refractivity contribution is 5.68. The maximum Gasteiger partial charge on any atom is 0.305 e. The van der Waals surface area contributed by atoms with Crippen molar-refractivity contribution in [3.63, 3.8) is 0 Å². The second-order valence-corrected chi connectivity index (χ2v) is 4.04. The topological polar surface area (TPSA) is 26.3 Å². The Morgan fingerprint density at radius 2 is 1.94 bits per heavy atom. The minimum absolute atomic E-state index is 0.136. The fraction of sp³-hybridized carbons (Fsp3) is 0.643. The van der Waals surface area contributed by atoms with Crippen LogP contribution in [0.4, 0.5) is 0 Å². The van der Waals surface area contributed by atoms with Gasteiger partial charge in [0.2, 0.25) is 0 Å². The van der Waals surface area contributed by atoms with Gasteiger partial charge in [-0.05, 0) is 38.7 Å². The van der Waals surface area contributed by atoms with Crippen LogP contribution in [-0.2, 0) is 9.53 Å². The maximum absolute atomic E-state index is 10.9. The number of ether oxygens (including phenoxy) is 1. The third-order valence-electron chi connectivity index (χ3n) is 2.57. The maximum atomic E-state index is 10.9. The Kier molecular flexibility index (Phi) is 8.59. The molecule has 0 aromatic heterocycles. The van der Waals surface area contributed by atoms with Gasteiger partial charge in [-0.3, -0.25) is 4.79 Å². The SMILES string of the molecule is C=C(CC)CCC/C(C)=C/COC(=O)CC. The minimum Gasteiger partial charge on any atom is -0.461 e. The van der Waals surface area contributed by atoms with Gasteiger partial charge < -0.3 is 4.74 Å². The lowest BCUT2D eigenvalue weighted by Gasteiger charge is -2.04. The standard InChI is InChI=1S/C14H24O2/c1-5-12(3)8-7-9-13(4)10-11-16-14(15)6-2/h10H,3,5-9,11H2,1-2,4H3/b13-10+. The summed E-state index contributed by atoms with van der Waals surface area (Å²) < 4.78 is 4.98. The molecule has 0 unspecified atom stereocenters. The molecule has 16 heavy (non-hydrogen) atoms. The first-order valence-corrected chi connectivity index (χ1v) is 6.08. The molecule has 92 valence electrons. The van der Waals surface area contributed by atoms with Gasteiger partial charge in [0, 0.05) is 6.42 Å². The summed E-state index contributed by atoms with van der Waals surface area (Å²) in [7, 11) is 0. The molecular formula is C14H24O2. The van der Waals surface area contributed by atoms with Crippen LogP contribution in [0.25, 0.3) is 0 Å². The van der Waals surface area contributed by atoms with Gasteiger partial charge in [0.05, 0.1) is 0 Å². The fourth-order valence-corrected chi connectivity index (χ4v) is 1.27. The van der Waals surface area contributed by atoms with Gasteiger partial charge >= 0.3 is 5.97 Å². The van der Waals surface area contributed by atoms with Crippen LogP contribution in [0.5, 0.6) is 0 Å². The molecule has 0 aliphatic rings. The first-order valence-electron chi connectivity index (χ1n) is 6.08. The summed E-state index contributed by atoms with van der Waals surface area (Å²) >= 11 is 0. The van der Waals surface area contributed by atoms with Gasteiger partial charge in [-0.2, -0.15) is 0 Å². The van der Waals surface area contributed by atoms with Gasteiger partial charge in [-0.25, -0.2) is 0 Å². The zero-order valence-corrected chi connectivity index (χ0v) is 10.8. The first kappa shape index (κ1) is 14.9. The van der Waals surface area contributed by atoms with E-state index in [9.17, 15) is 4.79 Å². The van der Waals surface area contributed by atoms with Crippen molar-refractivity contribution in [1.82, 2.24) is 0 Å². The number of carbonyl (C=O) groups is 1. The van der Waals surface area contributed by atoms with Crippen molar-refractivity contribution in [2.24, 2.45) is 0 Å². The van der Waals surface area contributed by atoms with E-state index >= 15 is 0 Å². The molecule has 0 fully saturated rings. The first-order chi connectivity index (χ1) is 7.60. The molecule has 0 rings (SSSR count). The molecule has 0 heterocycles. The lowest BCUT2D eigenvalue weighted by Crippen LogP contribution is -2.02. The Hall–Kier alpha value is -1.05. The highest BCUT2D eigenvalue weighted by Gasteiger charge is 1.97. The average Bonchev–Trinajstić information content (AvgIpc) is 2.28. The molecule has 0 aromatic carbocycles. The van der Waals surface area contributed by atoms with Crippen LogP contribution in [-0.4, -0.2) is 12.6 Å². The molecule has 2 nitrogen and oxygen atoms in total. The van der Waals surface area contributed by atoms with Crippen LogP contribution in [0.15, 0.2) is 23.8 Å². The number of carbonyl (C=O) groups excluding carboxylic acids is 1. The molecule has 0 aliphatic carbocycles. The highest BCUT2D eigenvalue weighted by Crippen LogP contribution is 2.12. The van der Waals surface area contributed by atoms with E-state index in [1.54, 1.807) is 6.92 Å². The van der Waals surface area contributed by atoms with Crippen molar-refractivity contribution < 1.29 is 9.53 Å². The molecule has 0 saturated carbocycles. The molecular weight excluding hydrogens is 200 g/mol. The van der Waals surface area contributed by atoms with E-state index in [-0.39, 0.29) is 5.97 Å². The van der Waals surface area contributed by atoms with Crippen LogP contribution in [0.1, 0.15) is 52.9 Å². The van der Waals surface area contributed by atoms with E-state index in [0.717, 1.165) is 25.7 Å². The molecule has 0 radical (unpaired) electrons. The second kappa shape index (κ2) is 9.20. The third-order valence-corrected chi connectivity index (χ3v) is 2.57. The Bertz CT molecular complexity index is 251. The van der Waals surface area contributed by atoms with Gasteiger partial charge in [0.1, 0.15) is 6.61 Å². The summed E-state index contributed by atoms with van der Waals surface area (Å²) in [6.45, 7) is 10.4. The summed E-state index contributed by atoms with van der Waals surface area (Å²) in [5.41, 5.74) is 2.60. The van der Waals surface area contributed by atoms with Gasteiger partial charge in [-0.1, -0.05) is 31.6 Å². The van der Waals surface area contributed by atoms with E-state index in [1.165, 1.54) is 11.1 Å². The molecule has 0 amide bonds. The van der Waals surface area contributed by atoms with Crippen molar-refractivity contribution in [2.45, 2.75) is 52.9 Å². The van der Waals surface area contributed by atoms with Crippen LogP contribution in [0, 0.1) is 0 Å². The number of allylic oxidation sites excluding steroid dienone is 2. The van der Waals surface area contributed by atoms with Gasteiger partial charge in [0.15, 0.2) is 0 Å². The van der Waals surface area contributed by atoms with Gasteiger partial charge in [0.25, 0.3) is 0 Å². The van der Waals surface area contributed by atoms with E-state index in [2.05, 4.69) is 20.4 Å². The smallest absolute Gasteiger partial charge is 0.305 e. The van der Waals surface area contributed by atoms with Crippen LogP contribution in [0.3, 0.4) is 0 Å². The number of hydrogen-bond acceptors (Lipinski definition) is 2. The molecule has 0 saturated heterocycles. The summed E-state index contributed by atoms with van der Waals surface area (Å²) in [5, 5.41) is 0. The molecule has 0 aromatic rings. The Morgan fingerprint density at radius 3 is 2.50 bits per heavy atom. The number of hydrogen-bond donors (Lipinski definition) is 0. The molecule has 0 bridgehead atoms. The Balaban J connectivity index is 3.63. The predicted octanol–water partition coefficient (Wildman–Crippen LogP) is 4.02. The summed E-state index contributed by atoms with van der Waals surface area (Å²) in [4.78, 5) is 10.9. The zero-order chi connectivity index (χ0) is 12.4. The van der Waals surface area contributed by atoms with Crippen LogP contribution >= 0.6 is 0 Å². The highest BCUT2D eigenvalue weighted by atomic mass is 16.5. The summed E-state index contributed by atoms with van der Waals surface area (Å²) in [5.74, 6) is -0.136. The summed E-state index contributed by atoms with van der Waals surface area (Å²) in [6.07, 6.45) is 6.79. The average molecular weight is 224 g/mol. The zero-order valence-electron chi connectivity index (χ0n) is 10.8. The quantitative estimate of drug-likeness (QED) is 0.460. The van der Waals surface area contributed by atoms with Crippen molar-refractivity contribution in [1.29, 1.82) is 0 Å². The lowest BCUT2D eigenvalue weighted by molar-refractivity contribution is -0.141. The minimum atomic E-state index is -0.136. The summed E-state index contributed by atoms with van der Waals surface area (Å²) in [6, 6.07) is 0. The molecule has 0 spiro atoms. The van der Waals surface area contributed by atoms with E-state index < -0.39 is 0 Å². The molecule has 2 heteroatoms. The van der Waals surface area contributed by atoms with Crippen LogP contribution < -0.4 is 0 Å². The van der Waals surface area contributed by atoms with Crippen molar-refractivity contribution in [2.75, 3.05) is 6.61 Å². The van der Waals surface area contributed by atoms with Crippen molar-refractivity contribution >= 4 is 5.97 Å². The predicted molar refractivity (Wildman–Crippen MR) is 68.3 cm³/mol. The number of esters is 1. The second-order valence-electron chi connectivity index (χ2n) is 4.04. The largest absolute Gasteiger partial charge is 0.461 e. The van der Waals surface area contributed by atoms with E-state index in [1.807, 2.05) is 6.08 Å². The fourth-order valence-electron chi connectivity index (χ4n) is 1.27. The normalized spacial score (nSPS) is 11.3. The van der Waals surface area contributed by atoms with Crippen molar-refractivity contribution in [3.05, 3.63) is 23.8 Å². The Labute approximate surface area is 99.4 Å². The van der Waals surface area contributed by atoms with Gasteiger partial charge in [-0.15, -0.1) is 0 Å². The lowest BCUT2D eigenvalue weighted by atomic mass is 10.0. The number of rotatable bonds is 8. The third kappa shape index (κ3) is 8.27. The van der Waals surface area contributed by atoms with Crippen molar-refractivity contribution in [3.8, 4) is 0 Å².